The van der Waals surface area contributed by atoms with Crippen LogP contribution in [0.15, 0.2) is 65.8 Å². The summed E-state index contributed by atoms with van der Waals surface area (Å²) in [6.45, 7) is 3.17. The topological polar surface area (TPSA) is 97.2 Å². The number of nitrogens with one attached hydrogen (secondary N) is 1. The maximum atomic E-state index is 12.8. The van der Waals surface area contributed by atoms with E-state index in [4.69, 9.17) is 0 Å². The van der Waals surface area contributed by atoms with Crippen LogP contribution in [0, 0.1) is 0 Å². The smallest absolute Gasteiger partial charge is 0.264 e. The van der Waals surface area contributed by atoms with Crippen LogP contribution in [-0.2, 0) is 23.0 Å². The van der Waals surface area contributed by atoms with Crippen molar-refractivity contribution >= 4 is 21.6 Å². The Kier molecular flexibility index (Phi) is 6.28. The first-order valence-electron chi connectivity index (χ1n) is 9.22. The maximum Gasteiger partial charge on any atom is 0.264 e. The molecule has 29 heavy (non-hydrogen) atoms. The molecule has 0 bridgehead atoms. The van der Waals surface area contributed by atoms with Crippen LogP contribution < -0.4 is 9.62 Å². The van der Waals surface area contributed by atoms with E-state index in [1.54, 1.807) is 30.6 Å². The van der Waals surface area contributed by atoms with Gasteiger partial charge in [0.05, 0.1) is 10.6 Å². The lowest BCUT2D eigenvalue weighted by Gasteiger charge is -2.19. The molecule has 0 unspecified atom stereocenters. The molecule has 0 fully saturated rings. The van der Waals surface area contributed by atoms with Gasteiger partial charge in [0.1, 0.15) is 12.2 Å². The number of para-hydroxylation sites is 1. The van der Waals surface area contributed by atoms with Crippen LogP contribution in [-0.4, -0.2) is 42.7 Å². The minimum atomic E-state index is -3.71. The molecule has 0 atom stereocenters. The number of hydrogen-bond donors (Lipinski definition) is 1. The molecule has 2 aromatic carbocycles. The van der Waals surface area contributed by atoms with E-state index in [0.717, 1.165) is 12.4 Å². The Morgan fingerprint density at radius 2 is 1.79 bits per heavy atom. The van der Waals surface area contributed by atoms with Gasteiger partial charge in [-0.05, 0) is 43.3 Å². The summed E-state index contributed by atoms with van der Waals surface area (Å²) in [6, 6.07) is 14.7. The van der Waals surface area contributed by atoms with Crippen molar-refractivity contribution < 1.29 is 13.2 Å². The molecule has 1 aromatic heterocycles. The van der Waals surface area contributed by atoms with E-state index in [0.29, 0.717) is 24.2 Å². The summed E-state index contributed by atoms with van der Waals surface area (Å²) >= 11 is 0. The summed E-state index contributed by atoms with van der Waals surface area (Å²) in [4.78, 5) is 12.5. The SMILES string of the molecule is CCn1cnnc1CCNC(=O)c1ccc(S(=O)(=O)N(C)c2ccccc2)cc1. The van der Waals surface area contributed by atoms with Crippen molar-refractivity contribution in [3.63, 3.8) is 0 Å². The Bertz CT molecular complexity index is 1060. The van der Waals surface area contributed by atoms with Crippen LogP contribution in [0.5, 0.6) is 0 Å². The number of aryl methyl sites for hydroxylation is 1. The zero-order chi connectivity index (χ0) is 20.9. The van der Waals surface area contributed by atoms with E-state index in [-0.39, 0.29) is 10.8 Å². The van der Waals surface area contributed by atoms with E-state index in [2.05, 4.69) is 15.5 Å². The average Bonchev–Trinajstić information content (AvgIpc) is 3.21. The molecule has 152 valence electrons. The third-order valence-corrected chi connectivity index (χ3v) is 6.37. The molecule has 1 N–H and O–H groups in total. The van der Waals surface area contributed by atoms with Crippen LogP contribution >= 0.6 is 0 Å². The Labute approximate surface area is 170 Å². The molecule has 0 aliphatic heterocycles. The first-order chi connectivity index (χ1) is 13.9. The molecule has 0 aliphatic rings. The minimum absolute atomic E-state index is 0.122. The number of carbonyl (C=O) groups excluding carboxylic acids is 1. The standard InChI is InChI=1S/C20H23N5O3S/c1-3-25-15-22-23-19(25)13-14-21-20(26)16-9-11-18(12-10-16)29(27,28)24(2)17-7-5-4-6-8-17/h4-12,15H,3,13-14H2,1-2H3,(H,21,26). The molecule has 0 spiro atoms. The van der Waals surface area contributed by atoms with Crippen molar-refractivity contribution in [2.24, 2.45) is 0 Å². The second-order valence-electron chi connectivity index (χ2n) is 6.37. The number of amides is 1. The van der Waals surface area contributed by atoms with Crippen LogP contribution in [0.3, 0.4) is 0 Å². The van der Waals surface area contributed by atoms with E-state index in [1.807, 2.05) is 17.6 Å². The lowest BCUT2D eigenvalue weighted by molar-refractivity contribution is 0.0954. The molecule has 0 saturated heterocycles. The molecule has 1 amide bonds. The number of hydrogen-bond acceptors (Lipinski definition) is 5. The number of aromatic nitrogens is 3. The second-order valence-corrected chi connectivity index (χ2v) is 8.34. The Morgan fingerprint density at radius 3 is 2.45 bits per heavy atom. The Hall–Kier alpha value is -3.20. The van der Waals surface area contributed by atoms with Gasteiger partial charge in [-0.1, -0.05) is 18.2 Å². The van der Waals surface area contributed by atoms with Crippen LogP contribution in [0.4, 0.5) is 5.69 Å². The molecular formula is C20H23N5O3S. The van der Waals surface area contributed by atoms with Crippen molar-refractivity contribution in [3.8, 4) is 0 Å². The summed E-state index contributed by atoms with van der Waals surface area (Å²) in [5, 5.41) is 10.7. The highest BCUT2D eigenvalue weighted by Gasteiger charge is 2.21. The summed E-state index contributed by atoms with van der Waals surface area (Å²) in [7, 11) is -2.20. The first kappa shape index (κ1) is 20.5. The summed E-state index contributed by atoms with van der Waals surface area (Å²) in [5.41, 5.74) is 0.956. The first-order valence-corrected chi connectivity index (χ1v) is 10.7. The van der Waals surface area contributed by atoms with Crippen molar-refractivity contribution in [1.82, 2.24) is 20.1 Å². The number of anilines is 1. The third kappa shape index (κ3) is 4.62. The number of carbonyl (C=O) groups is 1. The van der Waals surface area contributed by atoms with Crippen LogP contribution in [0.25, 0.3) is 0 Å². The molecule has 0 radical (unpaired) electrons. The van der Waals surface area contributed by atoms with Gasteiger partial charge in [-0.25, -0.2) is 8.42 Å². The summed E-state index contributed by atoms with van der Waals surface area (Å²) < 4.78 is 28.7. The van der Waals surface area contributed by atoms with Crippen LogP contribution in [0.1, 0.15) is 23.1 Å². The molecule has 3 aromatic rings. The summed E-state index contributed by atoms with van der Waals surface area (Å²) in [5.74, 6) is 0.533. The average molecular weight is 414 g/mol. The Morgan fingerprint density at radius 1 is 1.10 bits per heavy atom. The lowest BCUT2D eigenvalue weighted by atomic mass is 10.2. The largest absolute Gasteiger partial charge is 0.352 e. The van der Waals surface area contributed by atoms with Crippen LogP contribution in [0.2, 0.25) is 0 Å². The predicted octanol–water partition coefficient (Wildman–Crippen LogP) is 2.10. The molecule has 8 nitrogen and oxygen atoms in total. The monoisotopic (exact) mass is 413 g/mol. The van der Waals surface area contributed by atoms with Crippen molar-refractivity contribution in [2.75, 3.05) is 17.9 Å². The molecule has 0 saturated carbocycles. The molecule has 0 aliphatic carbocycles. The van der Waals surface area contributed by atoms with Gasteiger partial charge >= 0.3 is 0 Å². The molecule has 3 rings (SSSR count). The second kappa shape index (κ2) is 8.87. The van der Waals surface area contributed by atoms with Gasteiger partial charge in [0, 0.05) is 32.1 Å². The van der Waals surface area contributed by atoms with Gasteiger partial charge in [-0.15, -0.1) is 10.2 Å². The third-order valence-electron chi connectivity index (χ3n) is 4.57. The quantitative estimate of drug-likeness (QED) is 0.610. The fourth-order valence-corrected chi connectivity index (χ4v) is 4.04. The van der Waals surface area contributed by atoms with Gasteiger partial charge in [0.2, 0.25) is 0 Å². The van der Waals surface area contributed by atoms with E-state index >= 15 is 0 Å². The van der Waals surface area contributed by atoms with Gasteiger partial charge in [-0.3, -0.25) is 9.10 Å². The van der Waals surface area contributed by atoms with Gasteiger partial charge in [0.15, 0.2) is 0 Å². The normalized spacial score (nSPS) is 11.2. The predicted molar refractivity (Wildman–Crippen MR) is 110 cm³/mol. The van der Waals surface area contributed by atoms with Crippen molar-refractivity contribution in [3.05, 3.63) is 72.3 Å². The van der Waals surface area contributed by atoms with E-state index < -0.39 is 10.0 Å². The zero-order valence-electron chi connectivity index (χ0n) is 16.3. The van der Waals surface area contributed by atoms with Gasteiger partial charge in [-0.2, -0.15) is 0 Å². The van der Waals surface area contributed by atoms with Gasteiger partial charge in [0.25, 0.3) is 15.9 Å². The number of nitrogens with zero attached hydrogens (tertiary/aromatic N) is 4. The molecule has 1 heterocycles. The number of rotatable bonds is 8. The zero-order valence-corrected chi connectivity index (χ0v) is 17.1. The highest BCUT2D eigenvalue weighted by Crippen LogP contribution is 2.21. The highest BCUT2D eigenvalue weighted by molar-refractivity contribution is 7.92. The minimum Gasteiger partial charge on any atom is -0.352 e. The fraction of sp³-hybridized carbons (Fsp3) is 0.250. The van der Waals surface area contributed by atoms with Crippen molar-refractivity contribution in [2.45, 2.75) is 24.8 Å². The maximum absolute atomic E-state index is 12.8. The fourth-order valence-electron chi connectivity index (χ4n) is 2.84. The van der Waals surface area contributed by atoms with E-state index in [1.165, 1.54) is 35.6 Å². The number of sulfonamides is 1. The van der Waals surface area contributed by atoms with Gasteiger partial charge < -0.3 is 9.88 Å². The highest BCUT2D eigenvalue weighted by atomic mass is 32.2. The lowest BCUT2D eigenvalue weighted by Crippen LogP contribution is -2.27. The molecular weight excluding hydrogens is 390 g/mol. The number of benzene rings is 2. The molecule has 9 heteroatoms. The van der Waals surface area contributed by atoms with Crippen molar-refractivity contribution in [1.29, 1.82) is 0 Å². The summed E-state index contributed by atoms with van der Waals surface area (Å²) in [6.07, 6.45) is 2.22. The Balaban J connectivity index is 1.64. The van der Waals surface area contributed by atoms with E-state index in [9.17, 15) is 13.2 Å².